The third kappa shape index (κ3) is 4.15. The third-order valence-electron chi connectivity index (χ3n) is 3.74. The molecule has 0 atom stereocenters. The molecule has 0 saturated heterocycles. The Morgan fingerprint density at radius 1 is 1.27 bits per heavy atom. The second kappa shape index (κ2) is 7.92. The van der Waals surface area contributed by atoms with Gasteiger partial charge < -0.3 is 15.2 Å². The molecule has 0 spiro atoms. The highest BCUT2D eigenvalue weighted by molar-refractivity contribution is 7.12. The van der Waals surface area contributed by atoms with Crippen LogP contribution in [0.5, 0.6) is 0 Å². The van der Waals surface area contributed by atoms with Crippen LogP contribution in [0.2, 0.25) is 0 Å². The zero-order valence-electron chi connectivity index (χ0n) is 14.0. The van der Waals surface area contributed by atoms with Crippen LogP contribution in [0.3, 0.4) is 0 Å². The first kappa shape index (κ1) is 17.8. The number of carbonyl (C=O) groups excluding carboxylic acids is 2. The van der Waals surface area contributed by atoms with Crippen molar-refractivity contribution in [3.05, 3.63) is 70.2 Å². The summed E-state index contributed by atoms with van der Waals surface area (Å²) in [6.07, 6.45) is 3.29. The molecule has 0 radical (unpaired) electrons. The Bertz CT molecular complexity index is 921. The smallest absolute Gasteiger partial charge is 0.261 e. The molecule has 2 heterocycles. The second-order valence-electron chi connectivity index (χ2n) is 5.57. The van der Waals surface area contributed by atoms with Crippen LogP contribution >= 0.6 is 11.3 Å². The molecule has 0 unspecified atom stereocenters. The molecule has 1 aromatic carbocycles. The van der Waals surface area contributed by atoms with Gasteiger partial charge in [0.05, 0.1) is 17.1 Å². The minimum absolute atomic E-state index is 0.133. The van der Waals surface area contributed by atoms with Crippen LogP contribution in [0.15, 0.2) is 48.1 Å². The lowest BCUT2D eigenvalue weighted by Gasteiger charge is -2.10. The third-order valence-corrected chi connectivity index (χ3v) is 4.61. The van der Waals surface area contributed by atoms with Crippen LogP contribution in [0.1, 0.15) is 21.1 Å². The summed E-state index contributed by atoms with van der Waals surface area (Å²) in [5.41, 5.74) is 1.03. The number of aryl methyl sites for hydroxylation is 1. The number of nitrogens with zero attached hydrogens (tertiary/aromatic N) is 2. The largest absolute Gasteiger partial charge is 0.350 e. The van der Waals surface area contributed by atoms with E-state index in [2.05, 4.69) is 15.6 Å². The SMILES string of the molecule is Cc1nccn1-c1ccc(CNC(=O)CNC(=O)c2cccs2)cc1F. The Morgan fingerprint density at radius 3 is 2.77 bits per heavy atom. The molecular formula is C18H17FN4O2S. The molecule has 3 aromatic rings. The van der Waals surface area contributed by atoms with E-state index in [0.29, 0.717) is 22.0 Å². The van der Waals surface area contributed by atoms with Gasteiger partial charge in [0.2, 0.25) is 5.91 Å². The summed E-state index contributed by atoms with van der Waals surface area (Å²) in [5, 5.41) is 6.99. The topological polar surface area (TPSA) is 76.0 Å². The molecular weight excluding hydrogens is 355 g/mol. The molecule has 0 aliphatic heterocycles. The number of imidazole rings is 1. The van der Waals surface area contributed by atoms with E-state index < -0.39 is 5.82 Å². The van der Waals surface area contributed by atoms with Crippen molar-refractivity contribution in [3.8, 4) is 5.69 Å². The highest BCUT2D eigenvalue weighted by Crippen LogP contribution is 2.16. The van der Waals surface area contributed by atoms with Gasteiger partial charge in [0, 0.05) is 18.9 Å². The molecule has 0 aliphatic carbocycles. The van der Waals surface area contributed by atoms with E-state index in [1.807, 2.05) is 0 Å². The number of hydrogen-bond acceptors (Lipinski definition) is 4. The predicted octanol–water partition coefficient (Wildman–Crippen LogP) is 2.43. The Hall–Kier alpha value is -3.00. The predicted molar refractivity (Wildman–Crippen MR) is 96.8 cm³/mol. The van der Waals surface area contributed by atoms with Crippen LogP contribution < -0.4 is 10.6 Å². The number of rotatable bonds is 6. The Kier molecular flexibility index (Phi) is 5.43. The van der Waals surface area contributed by atoms with E-state index in [4.69, 9.17) is 0 Å². The minimum Gasteiger partial charge on any atom is -0.350 e. The summed E-state index contributed by atoms with van der Waals surface area (Å²) < 4.78 is 16.0. The van der Waals surface area contributed by atoms with Crippen molar-refractivity contribution in [1.82, 2.24) is 20.2 Å². The number of thiophene rings is 1. The van der Waals surface area contributed by atoms with Crippen molar-refractivity contribution >= 4 is 23.2 Å². The molecule has 2 N–H and O–H groups in total. The number of nitrogens with one attached hydrogen (secondary N) is 2. The summed E-state index contributed by atoms with van der Waals surface area (Å²) in [4.78, 5) is 28.2. The van der Waals surface area contributed by atoms with Gasteiger partial charge in [-0.1, -0.05) is 12.1 Å². The maximum Gasteiger partial charge on any atom is 0.261 e. The van der Waals surface area contributed by atoms with Crippen molar-refractivity contribution in [2.24, 2.45) is 0 Å². The van der Waals surface area contributed by atoms with E-state index in [1.54, 1.807) is 53.5 Å². The second-order valence-corrected chi connectivity index (χ2v) is 6.51. The highest BCUT2D eigenvalue weighted by Gasteiger charge is 2.10. The van der Waals surface area contributed by atoms with Crippen molar-refractivity contribution < 1.29 is 14.0 Å². The number of amides is 2. The number of carbonyl (C=O) groups is 2. The summed E-state index contributed by atoms with van der Waals surface area (Å²) in [7, 11) is 0. The molecule has 8 heteroatoms. The average Bonchev–Trinajstić information content (AvgIpc) is 3.30. The first-order chi connectivity index (χ1) is 12.5. The Balaban J connectivity index is 1.53. The first-order valence-corrected chi connectivity index (χ1v) is 8.79. The first-order valence-electron chi connectivity index (χ1n) is 7.92. The maximum absolute atomic E-state index is 14.3. The standard InChI is InChI=1S/C18H17FN4O2S/c1-12-20-6-7-23(12)15-5-4-13(9-14(15)19)10-21-17(24)11-22-18(25)16-3-2-8-26-16/h2-9H,10-11H2,1H3,(H,21,24)(H,22,25). The molecule has 0 fully saturated rings. The van der Waals surface area contributed by atoms with Gasteiger partial charge in [-0.2, -0.15) is 0 Å². The van der Waals surface area contributed by atoms with E-state index in [-0.39, 0.29) is 24.9 Å². The highest BCUT2D eigenvalue weighted by atomic mass is 32.1. The summed E-state index contributed by atoms with van der Waals surface area (Å²) in [6.45, 7) is 1.83. The molecule has 26 heavy (non-hydrogen) atoms. The van der Waals surface area contributed by atoms with Gasteiger partial charge in [0.1, 0.15) is 11.6 Å². The van der Waals surface area contributed by atoms with Gasteiger partial charge in [-0.05, 0) is 36.1 Å². The number of aromatic nitrogens is 2. The van der Waals surface area contributed by atoms with Crippen molar-refractivity contribution in [1.29, 1.82) is 0 Å². The van der Waals surface area contributed by atoms with Crippen molar-refractivity contribution in [3.63, 3.8) is 0 Å². The Morgan fingerprint density at radius 2 is 2.12 bits per heavy atom. The molecule has 2 amide bonds. The molecule has 0 aliphatic rings. The Labute approximate surface area is 153 Å². The number of benzene rings is 1. The van der Waals surface area contributed by atoms with Crippen LogP contribution in [-0.2, 0) is 11.3 Å². The lowest BCUT2D eigenvalue weighted by Crippen LogP contribution is -2.36. The summed E-state index contributed by atoms with van der Waals surface area (Å²) in [5.74, 6) is -0.346. The van der Waals surface area contributed by atoms with Crippen LogP contribution in [0.4, 0.5) is 4.39 Å². The van der Waals surface area contributed by atoms with E-state index >= 15 is 0 Å². The van der Waals surface area contributed by atoms with Gasteiger partial charge in [-0.3, -0.25) is 9.59 Å². The van der Waals surface area contributed by atoms with Gasteiger partial charge in [-0.25, -0.2) is 9.37 Å². The lowest BCUT2D eigenvalue weighted by molar-refractivity contribution is -0.120. The van der Waals surface area contributed by atoms with E-state index in [9.17, 15) is 14.0 Å². The van der Waals surface area contributed by atoms with Gasteiger partial charge in [0.15, 0.2) is 0 Å². The minimum atomic E-state index is -0.399. The molecule has 2 aromatic heterocycles. The molecule has 134 valence electrons. The normalized spacial score (nSPS) is 10.5. The maximum atomic E-state index is 14.3. The molecule has 6 nitrogen and oxygen atoms in total. The van der Waals surface area contributed by atoms with Gasteiger partial charge >= 0.3 is 0 Å². The quantitative estimate of drug-likeness (QED) is 0.698. The van der Waals surface area contributed by atoms with E-state index in [1.165, 1.54) is 17.4 Å². The average molecular weight is 372 g/mol. The summed E-state index contributed by atoms with van der Waals surface area (Å²) >= 11 is 1.30. The van der Waals surface area contributed by atoms with Gasteiger partial charge in [0.25, 0.3) is 5.91 Å². The van der Waals surface area contributed by atoms with Crippen LogP contribution in [0.25, 0.3) is 5.69 Å². The van der Waals surface area contributed by atoms with Crippen molar-refractivity contribution in [2.45, 2.75) is 13.5 Å². The fraction of sp³-hybridized carbons (Fsp3) is 0.167. The zero-order valence-corrected chi connectivity index (χ0v) is 14.8. The molecule has 0 bridgehead atoms. The monoisotopic (exact) mass is 372 g/mol. The summed E-state index contributed by atoms with van der Waals surface area (Å²) in [6, 6.07) is 8.21. The fourth-order valence-corrected chi connectivity index (χ4v) is 3.05. The van der Waals surface area contributed by atoms with Crippen molar-refractivity contribution in [2.75, 3.05) is 6.54 Å². The zero-order chi connectivity index (χ0) is 18.5. The number of hydrogen-bond donors (Lipinski definition) is 2. The van der Waals surface area contributed by atoms with Crippen LogP contribution in [0, 0.1) is 12.7 Å². The van der Waals surface area contributed by atoms with Crippen LogP contribution in [-0.4, -0.2) is 27.9 Å². The fourth-order valence-electron chi connectivity index (χ4n) is 2.41. The lowest BCUT2D eigenvalue weighted by atomic mass is 10.2. The molecule has 3 rings (SSSR count). The number of halogens is 1. The van der Waals surface area contributed by atoms with Gasteiger partial charge in [-0.15, -0.1) is 11.3 Å². The molecule has 0 saturated carbocycles. The van der Waals surface area contributed by atoms with E-state index in [0.717, 1.165) is 0 Å².